The van der Waals surface area contributed by atoms with Gasteiger partial charge in [-0.3, -0.25) is 19.6 Å². The maximum atomic E-state index is 2.83. The van der Waals surface area contributed by atoms with Gasteiger partial charge in [-0.15, -0.1) is 0 Å². The van der Waals surface area contributed by atoms with E-state index in [0.29, 0.717) is 30.2 Å². The second kappa shape index (κ2) is 8.69. The van der Waals surface area contributed by atoms with Gasteiger partial charge < -0.3 is 0 Å². The van der Waals surface area contributed by atoms with Crippen molar-refractivity contribution in [2.45, 2.75) is 123 Å². The van der Waals surface area contributed by atoms with Gasteiger partial charge in [-0.05, 0) is 74.7 Å². The summed E-state index contributed by atoms with van der Waals surface area (Å²) in [6, 6.07) is 5.77. The molecule has 6 unspecified atom stereocenters. The van der Waals surface area contributed by atoms with E-state index in [0.717, 1.165) is 18.1 Å². The summed E-state index contributed by atoms with van der Waals surface area (Å²) in [6.07, 6.45) is 4.09. The zero-order valence-corrected chi connectivity index (χ0v) is 19.4. The first-order valence-corrected chi connectivity index (χ1v) is 11.7. The molecule has 6 atom stereocenters. The van der Waals surface area contributed by atoms with Crippen molar-refractivity contribution in [3.63, 3.8) is 0 Å². The molecule has 27 heavy (non-hydrogen) atoms. The van der Waals surface area contributed by atoms with E-state index in [4.69, 9.17) is 0 Å². The molecule has 2 bridgehead atoms. The number of hydrogen-bond donors (Lipinski definition) is 0. The molecule has 0 aromatic rings. The van der Waals surface area contributed by atoms with Crippen LogP contribution in [0.25, 0.3) is 0 Å². The van der Waals surface area contributed by atoms with E-state index in [-0.39, 0.29) is 0 Å². The third-order valence-corrected chi connectivity index (χ3v) is 8.15. The van der Waals surface area contributed by atoms with Crippen LogP contribution in [-0.2, 0) is 0 Å². The number of nitrogens with zero attached hydrogens (tertiary/aromatic N) is 4. The fourth-order valence-electron chi connectivity index (χ4n) is 6.26. The minimum Gasteiger partial charge on any atom is -0.295 e. The van der Waals surface area contributed by atoms with Gasteiger partial charge in [0.2, 0.25) is 0 Å². The van der Waals surface area contributed by atoms with E-state index >= 15 is 0 Å². The van der Waals surface area contributed by atoms with Crippen LogP contribution in [0.3, 0.4) is 0 Å². The van der Waals surface area contributed by atoms with Crippen LogP contribution in [0.4, 0.5) is 0 Å². The highest BCUT2D eigenvalue weighted by molar-refractivity contribution is 5.02. The molecule has 3 rings (SSSR count). The third-order valence-electron chi connectivity index (χ3n) is 8.15. The van der Waals surface area contributed by atoms with Gasteiger partial charge in [0.1, 0.15) is 0 Å². The van der Waals surface area contributed by atoms with Crippen molar-refractivity contribution >= 4 is 0 Å². The second-order valence-corrected chi connectivity index (χ2v) is 10.4. The Balaban J connectivity index is 1.46. The molecule has 0 aliphatic carbocycles. The van der Waals surface area contributed by atoms with Gasteiger partial charge in [0, 0.05) is 74.5 Å². The van der Waals surface area contributed by atoms with Crippen LogP contribution in [0.2, 0.25) is 0 Å². The lowest BCUT2D eigenvalue weighted by molar-refractivity contribution is -0.00687. The minimum atomic E-state index is 0.661. The highest BCUT2D eigenvalue weighted by atomic mass is 15.4. The third kappa shape index (κ3) is 4.39. The molecule has 0 aromatic heterocycles. The molecule has 0 amide bonds. The fourth-order valence-corrected chi connectivity index (χ4v) is 6.26. The van der Waals surface area contributed by atoms with Crippen LogP contribution in [0.1, 0.15) is 74.7 Å². The first-order valence-electron chi connectivity index (χ1n) is 11.7. The van der Waals surface area contributed by atoms with Crippen LogP contribution in [0.5, 0.6) is 0 Å². The summed E-state index contributed by atoms with van der Waals surface area (Å²) in [4.78, 5) is 11.0. The van der Waals surface area contributed by atoms with Crippen LogP contribution in [-0.4, -0.2) is 94.1 Å². The molecule has 3 fully saturated rings. The quantitative estimate of drug-likeness (QED) is 0.672. The molecule has 4 heteroatoms. The zero-order chi connectivity index (χ0) is 19.9. The van der Waals surface area contributed by atoms with Crippen LogP contribution in [0, 0.1) is 0 Å². The number of piperazine rings is 2. The first-order chi connectivity index (χ1) is 12.7. The van der Waals surface area contributed by atoms with Crippen molar-refractivity contribution in [1.82, 2.24) is 19.6 Å². The maximum absolute atomic E-state index is 2.83. The lowest BCUT2D eigenvalue weighted by Crippen LogP contribution is -2.61. The Kier molecular flexibility index (Phi) is 6.93. The summed E-state index contributed by atoms with van der Waals surface area (Å²) in [5, 5.41) is 0. The van der Waals surface area contributed by atoms with Crippen molar-refractivity contribution in [1.29, 1.82) is 0 Å². The number of hydrogen-bond acceptors (Lipinski definition) is 4. The Morgan fingerprint density at radius 1 is 0.630 bits per heavy atom. The standard InChI is InChI=1S/C23H46N4/c1-16(2)24-11-12-25(21(8)20(24)7)18(5)9-10-19(6)27-15-22-13-23(27)14-26(22)17(3)4/h16-23H,9-15H2,1-8H3. The maximum Gasteiger partial charge on any atom is 0.0242 e. The van der Waals surface area contributed by atoms with Gasteiger partial charge in [0.15, 0.2) is 0 Å². The van der Waals surface area contributed by atoms with Gasteiger partial charge >= 0.3 is 0 Å². The SMILES string of the molecule is CC(C)N1CC2CC1CN2C(C)CCC(C)N1CCN(C(C)C)C(C)C1C. The predicted molar refractivity (Wildman–Crippen MR) is 116 cm³/mol. The van der Waals surface area contributed by atoms with Gasteiger partial charge in [-0.25, -0.2) is 0 Å². The molecule has 0 aromatic carbocycles. The van der Waals surface area contributed by atoms with Crippen LogP contribution < -0.4 is 0 Å². The zero-order valence-electron chi connectivity index (χ0n) is 19.4. The Labute approximate surface area is 169 Å². The number of rotatable bonds is 7. The summed E-state index contributed by atoms with van der Waals surface area (Å²) in [7, 11) is 0. The Morgan fingerprint density at radius 3 is 1.59 bits per heavy atom. The Bertz CT molecular complexity index is 479. The molecular formula is C23H46N4. The molecule has 4 nitrogen and oxygen atoms in total. The highest BCUT2D eigenvalue weighted by Gasteiger charge is 2.45. The first kappa shape index (κ1) is 21.5. The summed E-state index contributed by atoms with van der Waals surface area (Å²) in [6.45, 7) is 24.3. The monoisotopic (exact) mass is 378 g/mol. The average Bonchev–Trinajstić information content (AvgIpc) is 3.22. The van der Waals surface area contributed by atoms with Gasteiger partial charge in [0.05, 0.1) is 0 Å². The van der Waals surface area contributed by atoms with E-state index in [9.17, 15) is 0 Å². The lowest BCUT2D eigenvalue weighted by atomic mass is 9.98. The van der Waals surface area contributed by atoms with E-state index in [2.05, 4.69) is 75.0 Å². The minimum absolute atomic E-state index is 0.661. The van der Waals surface area contributed by atoms with Crippen LogP contribution in [0.15, 0.2) is 0 Å². The molecular weight excluding hydrogens is 332 g/mol. The van der Waals surface area contributed by atoms with Crippen molar-refractivity contribution in [3.8, 4) is 0 Å². The average molecular weight is 379 g/mol. The normalized spacial score (nSPS) is 36.2. The van der Waals surface area contributed by atoms with Gasteiger partial charge in [0.25, 0.3) is 0 Å². The largest absolute Gasteiger partial charge is 0.295 e. The van der Waals surface area contributed by atoms with Crippen molar-refractivity contribution in [2.75, 3.05) is 26.2 Å². The molecule has 0 radical (unpaired) electrons. The molecule has 3 aliphatic rings. The lowest BCUT2D eigenvalue weighted by Gasteiger charge is -2.49. The number of likely N-dealkylation sites (tertiary alicyclic amines) is 2. The Hall–Kier alpha value is -0.160. The summed E-state index contributed by atoms with van der Waals surface area (Å²) in [5.74, 6) is 0. The molecule has 0 saturated carbocycles. The predicted octanol–water partition coefficient (Wildman–Crippen LogP) is 3.51. The van der Waals surface area contributed by atoms with Crippen molar-refractivity contribution in [2.24, 2.45) is 0 Å². The van der Waals surface area contributed by atoms with E-state index in [1.807, 2.05) is 0 Å². The molecule has 3 heterocycles. The number of fused-ring (bicyclic) bond motifs is 2. The summed E-state index contributed by atoms with van der Waals surface area (Å²) >= 11 is 0. The molecule has 3 aliphatic heterocycles. The summed E-state index contributed by atoms with van der Waals surface area (Å²) < 4.78 is 0. The molecule has 158 valence electrons. The molecule has 0 spiro atoms. The van der Waals surface area contributed by atoms with Crippen molar-refractivity contribution in [3.05, 3.63) is 0 Å². The smallest absolute Gasteiger partial charge is 0.0242 e. The topological polar surface area (TPSA) is 13.0 Å². The Morgan fingerprint density at radius 2 is 1.07 bits per heavy atom. The van der Waals surface area contributed by atoms with Gasteiger partial charge in [-0.2, -0.15) is 0 Å². The molecule has 0 N–H and O–H groups in total. The van der Waals surface area contributed by atoms with E-state index < -0.39 is 0 Å². The summed E-state index contributed by atoms with van der Waals surface area (Å²) in [5.41, 5.74) is 0. The van der Waals surface area contributed by atoms with Crippen molar-refractivity contribution < 1.29 is 0 Å². The van der Waals surface area contributed by atoms with E-state index in [1.165, 1.54) is 45.4 Å². The van der Waals surface area contributed by atoms with Gasteiger partial charge in [-0.1, -0.05) is 0 Å². The second-order valence-electron chi connectivity index (χ2n) is 10.4. The van der Waals surface area contributed by atoms with Crippen LogP contribution >= 0.6 is 0 Å². The highest BCUT2D eigenvalue weighted by Crippen LogP contribution is 2.34. The molecule has 3 saturated heterocycles. The van der Waals surface area contributed by atoms with E-state index in [1.54, 1.807) is 0 Å². The fraction of sp³-hybridized carbons (Fsp3) is 1.00.